The minimum atomic E-state index is 0. The van der Waals surface area contributed by atoms with Crippen molar-refractivity contribution in [1.29, 1.82) is 0 Å². The summed E-state index contributed by atoms with van der Waals surface area (Å²) in [4.78, 5) is 18.9. The zero-order chi connectivity index (χ0) is 23.6. The molecule has 2 aromatic rings. The van der Waals surface area contributed by atoms with Gasteiger partial charge in [0.25, 0.3) is 0 Å². The number of hydrogen-bond donors (Lipinski definition) is 0. The predicted molar refractivity (Wildman–Crippen MR) is 165 cm³/mol. The van der Waals surface area contributed by atoms with Gasteiger partial charge < -0.3 is 9.59 Å². The quantitative estimate of drug-likeness (QED) is 0.366. The van der Waals surface area contributed by atoms with Crippen LogP contribution in [0.25, 0.3) is 0 Å². The fraction of sp³-hybridized carbons (Fsp3) is 0.500. The Morgan fingerprint density at radius 2 is 0.375 bits per heavy atom. The molecule has 0 heterocycles. The third-order valence-corrected chi connectivity index (χ3v) is 1.33. The molecule has 196 valence electrons. The number of benzene rings is 2. The van der Waals surface area contributed by atoms with Crippen LogP contribution in [0.5, 0.6) is 0 Å². The van der Waals surface area contributed by atoms with Gasteiger partial charge in [-0.3, -0.25) is 0 Å². The van der Waals surface area contributed by atoms with Crippen molar-refractivity contribution in [2.45, 2.75) is 97.9 Å². The van der Waals surface area contributed by atoms with Crippen LogP contribution in [0.3, 0.4) is 0 Å². The maximum atomic E-state index is 9.44. The average molecular weight is 493 g/mol. The zero-order valence-corrected chi connectivity index (χ0v) is 23.7. The first kappa shape index (κ1) is 63.2. The van der Waals surface area contributed by atoms with Gasteiger partial charge >= 0.3 is 0 Å². The van der Waals surface area contributed by atoms with Gasteiger partial charge in [0, 0.05) is 0 Å². The van der Waals surface area contributed by atoms with Gasteiger partial charge in [0.05, 0.1) is 0 Å². The van der Waals surface area contributed by atoms with E-state index in [4.69, 9.17) is 0 Å². The van der Waals surface area contributed by atoms with Gasteiger partial charge in [0.2, 0.25) is 0 Å². The van der Waals surface area contributed by atoms with Crippen molar-refractivity contribution in [2.75, 3.05) is 0 Å². The molecular formula is C28H60O2S2. The molecule has 2 aromatic carbocycles. The summed E-state index contributed by atoms with van der Waals surface area (Å²) in [6.45, 7) is 22.1. The van der Waals surface area contributed by atoms with Crippen LogP contribution in [0.2, 0.25) is 0 Å². The molecule has 4 heteroatoms. The molecule has 0 radical (unpaired) electrons. The van der Waals surface area contributed by atoms with Gasteiger partial charge in [-0.05, 0) is 27.7 Å². The van der Waals surface area contributed by atoms with Crippen LogP contribution in [0.1, 0.15) is 97.9 Å². The molecule has 2 rings (SSSR count). The smallest absolute Gasteiger partial charge is 0.126 e. The summed E-state index contributed by atoms with van der Waals surface area (Å²) in [5.41, 5.74) is 0. The molecular weight excluding hydrogens is 432 g/mol. The van der Waals surface area contributed by atoms with E-state index >= 15 is 0 Å². The monoisotopic (exact) mass is 492 g/mol. The van der Waals surface area contributed by atoms with Crippen molar-refractivity contribution < 1.29 is 9.59 Å². The van der Waals surface area contributed by atoms with Crippen molar-refractivity contribution in [3.63, 3.8) is 0 Å². The van der Waals surface area contributed by atoms with Crippen molar-refractivity contribution in [3.8, 4) is 0 Å². The molecule has 0 saturated carbocycles. The Morgan fingerprint density at radius 1 is 0.344 bits per heavy atom. The first-order chi connectivity index (χ1) is 13.5. The summed E-state index contributed by atoms with van der Waals surface area (Å²) in [6, 6.07) is 24.0. The Balaban J connectivity index is -0.0000000223. The highest BCUT2D eigenvalue weighted by Gasteiger charge is 1.62. The number of hydrogen-bond acceptors (Lipinski definition) is 2. The fourth-order valence-electron chi connectivity index (χ4n) is 0.770. The number of Topliss-reactive ketones (excluding diaryl/α,β-unsaturated/α-hetero) is 2. The van der Waals surface area contributed by atoms with Crippen molar-refractivity contribution >= 4 is 38.6 Å². The molecule has 0 bridgehead atoms. The van der Waals surface area contributed by atoms with Crippen LogP contribution in [0.15, 0.2) is 72.8 Å². The van der Waals surface area contributed by atoms with E-state index in [9.17, 15) is 9.59 Å². The summed E-state index contributed by atoms with van der Waals surface area (Å²) >= 11 is 0. The molecule has 0 amide bonds. The van der Waals surface area contributed by atoms with Crippen LogP contribution in [0, 0.1) is 0 Å². The van der Waals surface area contributed by atoms with E-state index in [-0.39, 0.29) is 53.4 Å². The van der Waals surface area contributed by atoms with Crippen molar-refractivity contribution in [3.05, 3.63) is 72.8 Å². The van der Waals surface area contributed by atoms with Crippen LogP contribution in [0.4, 0.5) is 0 Å². The number of ketones is 2. The number of carbonyl (C=O) groups is 2. The van der Waals surface area contributed by atoms with E-state index < -0.39 is 0 Å². The molecule has 0 unspecified atom stereocenters. The standard InChI is InChI=1S/2C6H6.2C3H6O.4C2H6.2CH4.2H2S/c2*1-2-4-6-5-3-1;2*1-3(2)4;4*1-2;;;;/h2*1-6H;2*1-2H3;4*1-2H3;2*1H4;2*1H2. The Labute approximate surface area is 218 Å². The van der Waals surface area contributed by atoms with Gasteiger partial charge in [0.1, 0.15) is 11.6 Å². The Hall–Kier alpha value is -1.52. The first-order valence-electron chi connectivity index (χ1n) is 10.4. The summed E-state index contributed by atoms with van der Waals surface area (Å²) < 4.78 is 0. The number of carbonyl (C=O) groups excluding carboxylic acids is 2. The zero-order valence-electron chi connectivity index (χ0n) is 21.7. The minimum absolute atomic E-state index is 0. The third-order valence-electron chi connectivity index (χ3n) is 1.33. The van der Waals surface area contributed by atoms with Crippen LogP contribution >= 0.6 is 27.0 Å². The van der Waals surface area contributed by atoms with Gasteiger partial charge in [-0.2, -0.15) is 27.0 Å². The highest BCUT2D eigenvalue weighted by Crippen LogP contribution is 1.80. The molecule has 0 aromatic heterocycles. The molecule has 0 N–H and O–H groups in total. The summed E-state index contributed by atoms with van der Waals surface area (Å²) in [7, 11) is 0. The molecule has 0 aliphatic rings. The van der Waals surface area contributed by atoms with Crippen LogP contribution in [-0.4, -0.2) is 11.6 Å². The molecule has 0 spiro atoms. The first-order valence-corrected chi connectivity index (χ1v) is 10.4. The third kappa shape index (κ3) is 196. The van der Waals surface area contributed by atoms with E-state index in [1.807, 2.05) is 128 Å². The molecule has 0 atom stereocenters. The Bertz CT molecular complexity index is 329. The molecule has 0 aliphatic heterocycles. The fourth-order valence-corrected chi connectivity index (χ4v) is 0.770. The van der Waals surface area contributed by atoms with Gasteiger partial charge in [0.15, 0.2) is 0 Å². The topological polar surface area (TPSA) is 34.1 Å². The van der Waals surface area contributed by atoms with E-state index in [2.05, 4.69) is 0 Å². The lowest BCUT2D eigenvalue weighted by Crippen LogP contribution is -1.69. The van der Waals surface area contributed by atoms with Gasteiger partial charge in [-0.25, -0.2) is 0 Å². The van der Waals surface area contributed by atoms with E-state index in [0.29, 0.717) is 0 Å². The minimum Gasteiger partial charge on any atom is -0.300 e. The van der Waals surface area contributed by atoms with E-state index in [1.165, 1.54) is 27.7 Å². The summed E-state index contributed by atoms with van der Waals surface area (Å²) in [6.07, 6.45) is 0. The predicted octanol–water partition coefficient (Wildman–Crippen LogP) is 10.2. The average Bonchev–Trinajstić information content (AvgIpc) is 2.76. The van der Waals surface area contributed by atoms with E-state index in [1.54, 1.807) is 0 Å². The van der Waals surface area contributed by atoms with Gasteiger partial charge in [-0.15, -0.1) is 0 Å². The molecule has 0 fully saturated rings. The molecule has 32 heavy (non-hydrogen) atoms. The summed E-state index contributed by atoms with van der Waals surface area (Å²) in [5, 5.41) is 0. The number of rotatable bonds is 0. The maximum absolute atomic E-state index is 9.44. The normalized spacial score (nSPS) is 5.38. The second-order valence-corrected chi connectivity index (χ2v) is 4.13. The van der Waals surface area contributed by atoms with Crippen LogP contribution < -0.4 is 0 Å². The highest BCUT2D eigenvalue weighted by atomic mass is 32.1. The van der Waals surface area contributed by atoms with Crippen LogP contribution in [-0.2, 0) is 9.59 Å². The lowest BCUT2D eigenvalue weighted by Gasteiger charge is -1.69. The molecule has 2 nitrogen and oxygen atoms in total. The lowest BCUT2D eigenvalue weighted by atomic mass is 10.4. The Kier molecular flexibility index (Phi) is 174. The maximum Gasteiger partial charge on any atom is 0.126 e. The van der Waals surface area contributed by atoms with E-state index in [0.717, 1.165) is 0 Å². The highest BCUT2D eigenvalue weighted by molar-refractivity contribution is 7.59. The second kappa shape index (κ2) is 88.0. The summed E-state index contributed by atoms with van der Waals surface area (Å²) in [5.74, 6) is 0.333. The second-order valence-electron chi connectivity index (χ2n) is 4.13. The van der Waals surface area contributed by atoms with Crippen molar-refractivity contribution in [1.82, 2.24) is 0 Å². The molecule has 0 aliphatic carbocycles. The Morgan fingerprint density at radius 3 is 0.406 bits per heavy atom. The largest absolute Gasteiger partial charge is 0.300 e. The lowest BCUT2D eigenvalue weighted by molar-refractivity contribution is -0.115. The molecule has 0 saturated heterocycles. The SMILES string of the molecule is C.C.CC.CC.CC.CC.CC(C)=O.CC(C)=O.S.S.c1ccccc1.c1ccccc1. The van der Waals surface area contributed by atoms with Crippen molar-refractivity contribution in [2.24, 2.45) is 0 Å². The van der Waals surface area contributed by atoms with Gasteiger partial charge in [-0.1, -0.05) is 143 Å².